The highest BCUT2D eigenvalue weighted by atomic mass is 16.7. The average molecular weight is 320 g/mol. The lowest BCUT2D eigenvalue weighted by atomic mass is 9.49. The molecule has 0 amide bonds. The Kier molecular flexibility index (Phi) is 4.18. The maximum Gasteiger partial charge on any atom is 0.230 e. The Labute approximate surface area is 138 Å². The number of ketones is 1. The van der Waals surface area contributed by atoms with E-state index in [4.69, 9.17) is 14.2 Å². The van der Waals surface area contributed by atoms with Gasteiger partial charge >= 0.3 is 0 Å². The summed E-state index contributed by atoms with van der Waals surface area (Å²) in [5, 5.41) is 0. The Balaban J connectivity index is 1.78. The summed E-state index contributed by atoms with van der Waals surface area (Å²) in [6.45, 7) is 7.22. The summed E-state index contributed by atoms with van der Waals surface area (Å²) in [5.74, 6) is 0.912. The van der Waals surface area contributed by atoms with Crippen molar-refractivity contribution in [2.45, 2.75) is 45.8 Å². The number of hydrogen-bond acceptors (Lipinski definition) is 4. The van der Waals surface area contributed by atoms with Crippen LogP contribution in [0.2, 0.25) is 0 Å². The molecule has 0 heterocycles. The highest BCUT2D eigenvalue weighted by Crippen LogP contribution is 2.59. The van der Waals surface area contributed by atoms with Crippen molar-refractivity contribution in [1.29, 1.82) is 0 Å². The maximum atomic E-state index is 11.8. The van der Waals surface area contributed by atoms with Crippen LogP contribution < -0.4 is 0 Å². The molecule has 0 spiro atoms. The van der Waals surface area contributed by atoms with Crippen molar-refractivity contribution in [3.05, 3.63) is 23.5 Å². The lowest BCUT2D eigenvalue weighted by Crippen LogP contribution is -2.51. The van der Waals surface area contributed by atoms with Crippen molar-refractivity contribution < 1.29 is 19.0 Å². The van der Waals surface area contributed by atoms with E-state index in [1.165, 1.54) is 18.1 Å². The first-order valence-corrected chi connectivity index (χ1v) is 8.52. The van der Waals surface area contributed by atoms with Crippen molar-refractivity contribution in [3.8, 4) is 0 Å². The summed E-state index contributed by atoms with van der Waals surface area (Å²) in [6, 6.07) is 0. The van der Waals surface area contributed by atoms with Gasteiger partial charge in [-0.15, -0.1) is 0 Å². The van der Waals surface area contributed by atoms with E-state index in [-0.39, 0.29) is 11.7 Å². The van der Waals surface area contributed by atoms with Crippen molar-refractivity contribution in [2.24, 2.45) is 23.2 Å². The number of carbonyl (C=O) groups excluding carboxylic acids is 1. The monoisotopic (exact) mass is 320 g/mol. The lowest BCUT2D eigenvalue weighted by Gasteiger charge is -2.56. The Bertz CT molecular complexity index is 560. The van der Waals surface area contributed by atoms with Crippen LogP contribution in [0.5, 0.6) is 0 Å². The Morgan fingerprint density at radius 2 is 2.04 bits per heavy atom. The smallest absolute Gasteiger partial charge is 0.230 e. The summed E-state index contributed by atoms with van der Waals surface area (Å²) in [7, 11) is 3.19. The summed E-state index contributed by atoms with van der Waals surface area (Å²) in [4.78, 5) is 11.8. The molecule has 2 unspecified atom stereocenters. The van der Waals surface area contributed by atoms with E-state index < -0.39 is 5.79 Å². The van der Waals surface area contributed by atoms with Crippen LogP contribution in [-0.4, -0.2) is 32.4 Å². The van der Waals surface area contributed by atoms with Gasteiger partial charge < -0.3 is 14.2 Å². The van der Waals surface area contributed by atoms with Gasteiger partial charge in [0, 0.05) is 25.5 Å². The number of hydrogen-bond donors (Lipinski definition) is 0. The third-order valence-corrected chi connectivity index (χ3v) is 6.35. The first kappa shape index (κ1) is 16.7. The molecule has 0 radical (unpaired) electrons. The Hall–Kier alpha value is -1.13. The molecule has 0 aromatic heterocycles. The third kappa shape index (κ3) is 2.47. The van der Waals surface area contributed by atoms with Gasteiger partial charge in [-0.3, -0.25) is 4.79 Å². The second-order valence-corrected chi connectivity index (χ2v) is 7.77. The molecule has 0 N–H and O–H groups in total. The summed E-state index contributed by atoms with van der Waals surface area (Å²) >= 11 is 0. The highest BCUT2D eigenvalue weighted by molar-refractivity contribution is 5.91. The molecular formula is C19H28O4. The van der Waals surface area contributed by atoms with Gasteiger partial charge in [0.1, 0.15) is 0 Å². The topological polar surface area (TPSA) is 44.8 Å². The van der Waals surface area contributed by atoms with E-state index in [0.29, 0.717) is 30.1 Å². The predicted octanol–water partition coefficient (Wildman–Crippen LogP) is 3.48. The second-order valence-electron chi connectivity index (χ2n) is 7.77. The second kappa shape index (κ2) is 5.75. The minimum absolute atomic E-state index is 0.0606. The molecule has 4 aliphatic rings. The molecule has 4 heteroatoms. The van der Waals surface area contributed by atoms with Crippen LogP contribution in [0.25, 0.3) is 0 Å². The first-order valence-electron chi connectivity index (χ1n) is 8.52. The van der Waals surface area contributed by atoms with Crippen LogP contribution in [0.15, 0.2) is 23.5 Å². The van der Waals surface area contributed by atoms with E-state index in [0.717, 1.165) is 12.3 Å². The van der Waals surface area contributed by atoms with Gasteiger partial charge in [0.05, 0.1) is 13.7 Å². The van der Waals surface area contributed by atoms with Crippen molar-refractivity contribution >= 4 is 5.78 Å². The molecule has 4 atom stereocenters. The van der Waals surface area contributed by atoms with Gasteiger partial charge in [-0.05, 0) is 35.7 Å². The van der Waals surface area contributed by atoms with E-state index in [1.54, 1.807) is 14.2 Å². The fourth-order valence-electron chi connectivity index (χ4n) is 4.59. The minimum atomic E-state index is -0.964. The number of rotatable bonds is 5. The van der Waals surface area contributed by atoms with E-state index in [9.17, 15) is 4.79 Å². The zero-order chi connectivity index (χ0) is 16.8. The molecule has 1 saturated carbocycles. The molecule has 0 aromatic carbocycles. The summed E-state index contributed by atoms with van der Waals surface area (Å²) in [5.41, 5.74) is 1.75. The third-order valence-electron chi connectivity index (χ3n) is 6.35. The van der Waals surface area contributed by atoms with Crippen molar-refractivity contribution in [1.82, 2.24) is 0 Å². The van der Waals surface area contributed by atoms with Gasteiger partial charge in [-0.25, -0.2) is 0 Å². The molecule has 4 nitrogen and oxygen atoms in total. The number of fused-ring (bicyclic) bond motifs is 1. The van der Waals surface area contributed by atoms with Crippen LogP contribution in [-0.2, 0) is 19.0 Å². The maximum absolute atomic E-state index is 11.8. The molecule has 23 heavy (non-hydrogen) atoms. The van der Waals surface area contributed by atoms with Gasteiger partial charge in [0.15, 0.2) is 11.5 Å². The van der Waals surface area contributed by atoms with E-state index >= 15 is 0 Å². The normalized spacial score (nSPS) is 38.5. The molecule has 0 aromatic rings. The average Bonchev–Trinajstić information content (AvgIpc) is 2.53. The fourth-order valence-corrected chi connectivity index (χ4v) is 4.59. The van der Waals surface area contributed by atoms with Gasteiger partial charge in [-0.2, -0.15) is 0 Å². The summed E-state index contributed by atoms with van der Waals surface area (Å²) < 4.78 is 17.4. The van der Waals surface area contributed by atoms with Crippen LogP contribution in [0, 0.1) is 23.2 Å². The number of ether oxygens (including phenoxy) is 3. The Morgan fingerprint density at radius 1 is 1.30 bits per heavy atom. The fraction of sp³-hybridized carbons (Fsp3) is 0.737. The van der Waals surface area contributed by atoms with Crippen LogP contribution in [0.4, 0.5) is 0 Å². The van der Waals surface area contributed by atoms with Crippen molar-refractivity contribution in [3.63, 3.8) is 0 Å². The Morgan fingerprint density at radius 3 is 2.61 bits per heavy atom. The van der Waals surface area contributed by atoms with Crippen molar-refractivity contribution in [2.75, 3.05) is 20.8 Å². The summed E-state index contributed by atoms with van der Waals surface area (Å²) in [6.07, 6.45) is 6.67. The molecule has 2 bridgehead atoms. The standard InChI is InChI=1S/C19H28O4/c1-12-8-15(20)10-17(21-4)19(12,22-5)23-11-13-6-7-14-9-16(13)18(14,2)3/h6,10,12,14,16H,7-9,11H2,1-5H3/t12?,14-,16-,19?/m0/s1. The number of allylic oxidation sites excluding steroid dienone is 2. The van der Waals surface area contributed by atoms with Gasteiger partial charge in [0.25, 0.3) is 0 Å². The van der Waals surface area contributed by atoms with Gasteiger partial charge in [0.2, 0.25) is 5.79 Å². The van der Waals surface area contributed by atoms with Gasteiger partial charge in [-0.1, -0.05) is 26.8 Å². The largest absolute Gasteiger partial charge is 0.495 e. The predicted molar refractivity (Wildman–Crippen MR) is 87.7 cm³/mol. The molecule has 128 valence electrons. The molecule has 1 fully saturated rings. The molecular weight excluding hydrogens is 292 g/mol. The molecule has 4 rings (SSSR count). The number of carbonyl (C=O) groups is 1. The van der Waals surface area contributed by atoms with Crippen LogP contribution >= 0.6 is 0 Å². The van der Waals surface area contributed by atoms with E-state index in [1.807, 2.05) is 6.92 Å². The minimum Gasteiger partial charge on any atom is -0.495 e. The molecule has 0 saturated heterocycles. The quantitative estimate of drug-likeness (QED) is 0.575. The molecule has 4 aliphatic carbocycles. The van der Waals surface area contributed by atoms with E-state index in [2.05, 4.69) is 19.9 Å². The zero-order valence-corrected chi connectivity index (χ0v) is 14.8. The molecule has 0 aliphatic heterocycles. The van der Waals surface area contributed by atoms with Crippen LogP contribution in [0.3, 0.4) is 0 Å². The lowest BCUT2D eigenvalue weighted by molar-refractivity contribution is -0.244. The zero-order valence-electron chi connectivity index (χ0n) is 14.8. The highest BCUT2D eigenvalue weighted by Gasteiger charge is 2.52. The SMILES string of the molecule is COC1=CC(=O)CC(C)C1(OC)OCC1=CC[C@H]2C[C@@H]1C2(C)C. The first-order chi connectivity index (χ1) is 10.8. The van der Waals surface area contributed by atoms with Crippen LogP contribution in [0.1, 0.15) is 40.0 Å². The number of methoxy groups -OCH3 is 2.